The standard InChI is InChI=1S/C12H10Cl2N6S/c1-15-9-8(13)6(3-4-16-9)21-7-5-17-11-10(18-7)19-12(14)20(11)2/h3-5H,1-2H3,(H,15,16). The fourth-order valence-electron chi connectivity index (χ4n) is 1.76. The predicted octanol–water partition coefficient (Wildman–Crippen LogP) is 3.26. The van der Waals surface area contributed by atoms with Crippen LogP contribution in [0.15, 0.2) is 28.4 Å². The molecule has 0 fully saturated rings. The summed E-state index contributed by atoms with van der Waals surface area (Å²) in [5.41, 5.74) is 1.15. The number of nitrogens with zero attached hydrogens (tertiary/aromatic N) is 5. The highest BCUT2D eigenvalue weighted by atomic mass is 35.5. The lowest BCUT2D eigenvalue weighted by Gasteiger charge is -2.07. The fourth-order valence-corrected chi connectivity index (χ4v) is 3.02. The third-order valence-electron chi connectivity index (χ3n) is 2.81. The zero-order valence-electron chi connectivity index (χ0n) is 11.1. The zero-order chi connectivity index (χ0) is 15.0. The summed E-state index contributed by atoms with van der Waals surface area (Å²) < 4.78 is 1.68. The molecule has 0 aliphatic rings. The molecule has 108 valence electrons. The normalized spacial score (nSPS) is 11.0. The first-order valence-corrected chi connectivity index (χ1v) is 7.52. The number of rotatable bonds is 3. The lowest BCUT2D eigenvalue weighted by Crippen LogP contribution is -1.94. The first-order chi connectivity index (χ1) is 10.1. The summed E-state index contributed by atoms with van der Waals surface area (Å²) in [4.78, 5) is 17.9. The van der Waals surface area contributed by atoms with Gasteiger partial charge in [0.1, 0.15) is 10.8 Å². The van der Waals surface area contributed by atoms with E-state index in [-0.39, 0.29) is 0 Å². The van der Waals surface area contributed by atoms with Gasteiger partial charge in [-0.1, -0.05) is 23.4 Å². The van der Waals surface area contributed by atoms with E-state index in [0.717, 1.165) is 4.90 Å². The van der Waals surface area contributed by atoms with Gasteiger partial charge in [-0.05, 0) is 17.7 Å². The summed E-state index contributed by atoms with van der Waals surface area (Å²) in [5, 5.41) is 4.52. The molecule has 0 unspecified atom stereocenters. The SMILES string of the molecule is CNc1nccc(Sc2cnc3c(n2)nc(Cl)n3C)c1Cl. The van der Waals surface area contributed by atoms with E-state index in [1.807, 2.05) is 6.07 Å². The molecule has 0 aliphatic heterocycles. The van der Waals surface area contributed by atoms with Crippen LogP contribution in [0.1, 0.15) is 0 Å². The highest BCUT2D eigenvalue weighted by Gasteiger charge is 2.12. The minimum Gasteiger partial charge on any atom is -0.372 e. The maximum atomic E-state index is 6.27. The molecule has 0 atom stereocenters. The van der Waals surface area contributed by atoms with Gasteiger partial charge in [0.25, 0.3) is 0 Å². The van der Waals surface area contributed by atoms with Gasteiger partial charge < -0.3 is 9.88 Å². The van der Waals surface area contributed by atoms with E-state index >= 15 is 0 Å². The van der Waals surface area contributed by atoms with Crippen LogP contribution in [0.2, 0.25) is 10.3 Å². The number of fused-ring (bicyclic) bond motifs is 1. The van der Waals surface area contributed by atoms with Gasteiger partial charge in [-0.2, -0.15) is 4.98 Å². The van der Waals surface area contributed by atoms with Crippen LogP contribution >= 0.6 is 35.0 Å². The van der Waals surface area contributed by atoms with Crippen molar-refractivity contribution >= 4 is 52.1 Å². The molecule has 1 N–H and O–H groups in total. The van der Waals surface area contributed by atoms with Crippen LogP contribution in [-0.2, 0) is 7.05 Å². The lowest BCUT2D eigenvalue weighted by molar-refractivity contribution is 0.928. The number of pyridine rings is 1. The Morgan fingerprint density at radius 1 is 1.24 bits per heavy atom. The summed E-state index contributed by atoms with van der Waals surface area (Å²) >= 11 is 13.6. The Morgan fingerprint density at radius 2 is 2.05 bits per heavy atom. The third kappa shape index (κ3) is 2.64. The van der Waals surface area contributed by atoms with Crippen molar-refractivity contribution in [3.8, 4) is 0 Å². The van der Waals surface area contributed by atoms with Crippen molar-refractivity contribution in [2.75, 3.05) is 12.4 Å². The number of aromatic nitrogens is 5. The molecule has 3 aromatic heterocycles. The van der Waals surface area contributed by atoms with Gasteiger partial charge in [0.2, 0.25) is 5.28 Å². The van der Waals surface area contributed by atoms with Crippen LogP contribution in [0, 0.1) is 0 Å². The molecule has 0 spiro atoms. The number of nitrogens with one attached hydrogen (secondary N) is 1. The Morgan fingerprint density at radius 3 is 2.81 bits per heavy atom. The van der Waals surface area contributed by atoms with Gasteiger partial charge in [-0.15, -0.1) is 0 Å². The highest BCUT2D eigenvalue weighted by Crippen LogP contribution is 2.35. The summed E-state index contributed by atoms with van der Waals surface area (Å²) in [6.45, 7) is 0. The van der Waals surface area contributed by atoms with Crippen LogP contribution in [0.3, 0.4) is 0 Å². The molecular formula is C12H10Cl2N6S. The second-order valence-electron chi connectivity index (χ2n) is 4.12. The minimum atomic E-state index is 0.353. The van der Waals surface area contributed by atoms with Crippen molar-refractivity contribution < 1.29 is 0 Å². The van der Waals surface area contributed by atoms with Crippen molar-refractivity contribution in [2.45, 2.75) is 9.92 Å². The Kier molecular flexibility index (Phi) is 3.88. The van der Waals surface area contributed by atoms with Gasteiger partial charge in [0, 0.05) is 25.2 Å². The maximum Gasteiger partial charge on any atom is 0.206 e. The van der Waals surface area contributed by atoms with E-state index in [2.05, 4.69) is 25.3 Å². The van der Waals surface area contributed by atoms with Gasteiger partial charge in [-0.3, -0.25) is 0 Å². The van der Waals surface area contributed by atoms with Crippen LogP contribution in [0.4, 0.5) is 5.82 Å². The summed E-state index contributed by atoms with van der Waals surface area (Å²) in [6.07, 6.45) is 3.35. The largest absolute Gasteiger partial charge is 0.372 e. The number of anilines is 1. The smallest absolute Gasteiger partial charge is 0.206 e. The van der Waals surface area contributed by atoms with E-state index in [0.29, 0.717) is 32.4 Å². The quantitative estimate of drug-likeness (QED) is 0.789. The number of hydrogen-bond donors (Lipinski definition) is 1. The average molecular weight is 341 g/mol. The van der Waals surface area contributed by atoms with Crippen molar-refractivity contribution in [1.29, 1.82) is 0 Å². The third-order valence-corrected chi connectivity index (χ3v) is 4.61. The second kappa shape index (κ2) is 5.67. The van der Waals surface area contributed by atoms with Gasteiger partial charge in [0.05, 0.1) is 11.2 Å². The molecule has 9 heteroatoms. The maximum absolute atomic E-state index is 6.27. The first kappa shape index (κ1) is 14.4. The topological polar surface area (TPSA) is 68.5 Å². The summed E-state index contributed by atoms with van der Waals surface area (Å²) in [7, 11) is 3.56. The molecule has 0 bridgehead atoms. The molecule has 3 aromatic rings. The second-order valence-corrected chi connectivity index (χ2v) is 5.90. The van der Waals surface area contributed by atoms with E-state index < -0.39 is 0 Å². The molecule has 3 heterocycles. The van der Waals surface area contributed by atoms with Crippen LogP contribution in [-0.4, -0.2) is 31.6 Å². The molecule has 0 aromatic carbocycles. The fraction of sp³-hybridized carbons (Fsp3) is 0.167. The van der Waals surface area contributed by atoms with Crippen molar-refractivity contribution in [1.82, 2.24) is 24.5 Å². The minimum absolute atomic E-state index is 0.353. The number of halogens is 2. The molecule has 3 rings (SSSR count). The van der Waals surface area contributed by atoms with E-state index in [9.17, 15) is 0 Å². The van der Waals surface area contributed by atoms with E-state index in [1.165, 1.54) is 11.8 Å². The molecule has 0 saturated carbocycles. The zero-order valence-corrected chi connectivity index (χ0v) is 13.5. The van der Waals surface area contributed by atoms with E-state index in [4.69, 9.17) is 23.2 Å². The summed E-state index contributed by atoms with van der Waals surface area (Å²) in [5.74, 6) is 0.622. The number of hydrogen-bond acceptors (Lipinski definition) is 6. The monoisotopic (exact) mass is 340 g/mol. The molecule has 0 radical (unpaired) electrons. The molecule has 6 nitrogen and oxygen atoms in total. The molecule has 0 aliphatic carbocycles. The van der Waals surface area contributed by atoms with Gasteiger partial charge >= 0.3 is 0 Å². The van der Waals surface area contributed by atoms with Crippen LogP contribution < -0.4 is 5.32 Å². The van der Waals surface area contributed by atoms with Crippen LogP contribution in [0.25, 0.3) is 11.3 Å². The van der Waals surface area contributed by atoms with Crippen molar-refractivity contribution in [2.24, 2.45) is 7.05 Å². The Hall–Kier alpha value is -1.57. The van der Waals surface area contributed by atoms with Crippen LogP contribution in [0.5, 0.6) is 0 Å². The Bertz CT molecular complexity index is 819. The number of imidazole rings is 1. The average Bonchev–Trinajstić information content (AvgIpc) is 2.76. The Labute approximate surface area is 134 Å². The summed E-state index contributed by atoms with van der Waals surface area (Å²) in [6, 6.07) is 1.82. The molecule has 0 amide bonds. The first-order valence-electron chi connectivity index (χ1n) is 5.95. The van der Waals surface area contributed by atoms with Gasteiger partial charge in [0.15, 0.2) is 11.3 Å². The Balaban J connectivity index is 1.98. The molecule has 21 heavy (non-hydrogen) atoms. The predicted molar refractivity (Wildman–Crippen MR) is 84.2 cm³/mol. The molecule has 0 saturated heterocycles. The molecular weight excluding hydrogens is 331 g/mol. The van der Waals surface area contributed by atoms with E-state index in [1.54, 1.807) is 31.1 Å². The lowest BCUT2D eigenvalue weighted by atomic mass is 10.4. The van der Waals surface area contributed by atoms with Gasteiger partial charge in [-0.25, -0.2) is 15.0 Å². The van der Waals surface area contributed by atoms with Crippen molar-refractivity contribution in [3.05, 3.63) is 28.8 Å². The highest BCUT2D eigenvalue weighted by molar-refractivity contribution is 7.99. The number of aryl methyl sites for hydroxylation is 1. The van der Waals surface area contributed by atoms with Crippen molar-refractivity contribution in [3.63, 3.8) is 0 Å².